The Morgan fingerprint density at radius 3 is 2.75 bits per heavy atom. The molecule has 2 rings (SSSR count). The van der Waals surface area contributed by atoms with E-state index < -0.39 is 0 Å². The summed E-state index contributed by atoms with van der Waals surface area (Å²) in [6, 6.07) is 1.77. The molecule has 1 aromatic rings. The maximum absolute atomic E-state index is 11.8. The molecule has 3 nitrogen and oxygen atoms in total. The summed E-state index contributed by atoms with van der Waals surface area (Å²) >= 11 is 1.40. The highest BCUT2D eigenvalue weighted by molar-refractivity contribution is 7.12. The van der Waals surface area contributed by atoms with Gasteiger partial charge in [-0.25, -0.2) is 0 Å². The Labute approximate surface area is 100 Å². The highest BCUT2D eigenvalue weighted by Crippen LogP contribution is 2.51. The largest absolute Gasteiger partial charge is 0.397 e. The molecule has 1 fully saturated rings. The lowest BCUT2D eigenvalue weighted by molar-refractivity contribution is 0.0944. The molecule has 4 heteroatoms. The predicted octanol–water partition coefficient (Wildman–Crippen LogP) is 2.50. The summed E-state index contributed by atoms with van der Waals surface area (Å²) in [4.78, 5) is 12.5. The van der Waals surface area contributed by atoms with Crippen molar-refractivity contribution in [2.24, 2.45) is 11.3 Å². The van der Waals surface area contributed by atoms with Crippen LogP contribution in [0.3, 0.4) is 0 Å². The number of hydrogen-bond acceptors (Lipinski definition) is 3. The summed E-state index contributed by atoms with van der Waals surface area (Å²) < 4.78 is 0. The first kappa shape index (κ1) is 11.5. The molecule has 0 radical (unpaired) electrons. The Hall–Kier alpha value is -1.03. The van der Waals surface area contributed by atoms with Crippen molar-refractivity contribution >= 4 is 22.9 Å². The highest BCUT2D eigenvalue weighted by atomic mass is 32.1. The van der Waals surface area contributed by atoms with Crippen LogP contribution in [-0.4, -0.2) is 12.5 Å². The smallest absolute Gasteiger partial charge is 0.263 e. The number of nitrogen functional groups attached to an aromatic ring is 1. The maximum atomic E-state index is 11.8. The van der Waals surface area contributed by atoms with Gasteiger partial charge in [-0.1, -0.05) is 13.8 Å². The minimum atomic E-state index is -0.0283. The lowest BCUT2D eigenvalue weighted by Crippen LogP contribution is -2.32. The first-order valence-corrected chi connectivity index (χ1v) is 6.54. The van der Waals surface area contributed by atoms with Crippen molar-refractivity contribution in [2.75, 3.05) is 12.3 Å². The van der Waals surface area contributed by atoms with E-state index in [0.29, 0.717) is 21.9 Å². The van der Waals surface area contributed by atoms with Gasteiger partial charge in [0.1, 0.15) is 4.88 Å². The lowest BCUT2D eigenvalue weighted by Gasteiger charge is -2.19. The van der Waals surface area contributed by atoms with Gasteiger partial charge in [0, 0.05) is 6.54 Å². The van der Waals surface area contributed by atoms with E-state index in [-0.39, 0.29) is 5.91 Å². The molecule has 0 atom stereocenters. The number of thiophene rings is 1. The number of rotatable bonds is 4. The van der Waals surface area contributed by atoms with Gasteiger partial charge in [-0.2, -0.15) is 0 Å². The molecular weight excluding hydrogens is 220 g/mol. The van der Waals surface area contributed by atoms with Gasteiger partial charge in [0.15, 0.2) is 0 Å². The molecule has 1 aliphatic carbocycles. The van der Waals surface area contributed by atoms with Gasteiger partial charge in [-0.05, 0) is 35.6 Å². The van der Waals surface area contributed by atoms with Gasteiger partial charge in [0.25, 0.3) is 5.91 Å². The third-order valence-corrected chi connectivity index (χ3v) is 4.55. The van der Waals surface area contributed by atoms with Crippen LogP contribution in [-0.2, 0) is 0 Å². The van der Waals surface area contributed by atoms with Gasteiger partial charge in [-0.3, -0.25) is 4.79 Å². The van der Waals surface area contributed by atoms with Crippen molar-refractivity contribution in [2.45, 2.75) is 26.7 Å². The molecule has 1 aromatic heterocycles. The Kier molecular flexibility index (Phi) is 2.93. The molecule has 88 valence electrons. The normalized spacial score (nSPS) is 17.4. The molecule has 1 saturated carbocycles. The second-order valence-electron chi connectivity index (χ2n) is 4.90. The summed E-state index contributed by atoms with van der Waals surface area (Å²) in [7, 11) is 0. The maximum Gasteiger partial charge on any atom is 0.263 e. The van der Waals surface area contributed by atoms with Crippen molar-refractivity contribution in [3.8, 4) is 0 Å². The Balaban J connectivity index is 1.92. The molecule has 0 saturated heterocycles. The van der Waals surface area contributed by atoms with Gasteiger partial charge in [0.2, 0.25) is 0 Å². The first-order chi connectivity index (χ1) is 7.55. The fourth-order valence-electron chi connectivity index (χ4n) is 1.96. The molecule has 1 amide bonds. The quantitative estimate of drug-likeness (QED) is 0.846. The molecule has 0 aromatic carbocycles. The fraction of sp³-hybridized carbons (Fsp3) is 0.583. The van der Waals surface area contributed by atoms with Crippen LogP contribution in [0.15, 0.2) is 11.4 Å². The number of carbonyl (C=O) groups excluding carboxylic acids is 1. The van der Waals surface area contributed by atoms with Crippen LogP contribution in [0, 0.1) is 11.3 Å². The third-order valence-electron chi connectivity index (χ3n) is 3.62. The van der Waals surface area contributed by atoms with E-state index in [1.165, 1.54) is 24.2 Å². The van der Waals surface area contributed by atoms with Gasteiger partial charge in [-0.15, -0.1) is 11.3 Å². The van der Waals surface area contributed by atoms with Crippen molar-refractivity contribution in [3.05, 3.63) is 16.3 Å². The van der Waals surface area contributed by atoms with E-state index in [1.807, 2.05) is 5.38 Å². The lowest BCUT2D eigenvalue weighted by atomic mass is 9.92. The topological polar surface area (TPSA) is 55.1 Å². The molecule has 0 aliphatic heterocycles. The van der Waals surface area contributed by atoms with Crippen LogP contribution >= 0.6 is 11.3 Å². The standard InChI is InChI=1S/C12H18N2OS/c1-8(2)12(4-5-12)7-14-11(15)10-9(13)3-6-16-10/h3,6,8H,4-5,7,13H2,1-2H3,(H,14,15). The Morgan fingerprint density at radius 1 is 1.62 bits per heavy atom. The summed E-state index contributed by atoms with van der Waals surface area (Å²) in [5, 5.41) is 4.85. The molecule has 0 spiro atoms. The van der Waals surface area contributed by atoms with Crippen LogP contribution in [0.2, 0.25) is 0 Å². The SMILES string of the molecule is CC(C)C1(CNC(=O)c2sccc2N)CC1. The zero-order valence-corrected chi connectivity index (χ0v) is 10.6. The van der Waals surface area contributed by atoms with Crippen LogP contribution in [0.1, 0.15) is 36.4 Å². The first-order valence-electron chi connectivity index (χ1n) is 5.66. The van der Waals surface area contributed by atoms with Crippen LogP contribution in [0.25, 0.3) is 0 Å². The van der Waals surface area contributed by atoms with E-state index in [4.69, 9.17) is 5.73 Å². The Morgan fingerprint density at radius 2 is 2.31 bits per heavy atom. The second-order valence-corrected chi connectivity index (χ2v) is 5.82. The summed E-state index contributed by atoms with van der Waals surface area (Å²) in [6.07, 6.45) is 2.45. The number of carbonyl (C=O) groups is 1. The summed E-state index contributed by atoms with van der Waals surface area (Å²) in [6.45, 7) is 5.22. The van der Waals surface area contributed by atoms with Crippen molar-refractivity contribution in [3.63, 3.8) is 0 Å². The summed E-state index contributed by atoms with van der Waals surface area (Å²) in [5.41, 5.74) is 6.64. The van der Waals surface area contributed by atoms with E-state index in [9.17, 15) is 4.79 Å². The molecule has 0 bridgehead atoms. The number of nitrogens with one attached hydrogen (secondary N) is 1. The third kappa shape index (κ3) is 2.07. The monoisotopic (exact) mass is 238 g/mol. The van der Waals surface area contributed by atoms with Crippen molar-refractivity contribution < 1.29 is 4.79 Å². The molecule has 1 aliphatic rings. The van der Waals surface area contributed by atoms with Gasteiger partial charge >= 0.3 is 0 Å². The summed E-state index contributed by atoms with van der Waals surface area (Å²) in [5.74, 6) is 0.605. The molecule has 0 unspecified atom stereocenters. The van der Waals surface area contributed by atoms with Crippen LogP contribution in [0.4, 0.5) is 5.69 Å². The minimum absolute atomic E-state index is 0.0283. The zero-order valence-electron chi connectivity index (χ0n) is 9.75. The number of hydrogen-bond donors (Lipinski definition) is 2. The second kappa shape index (κ2) is 4.09. The van der Waals surface area contributed by atoms with Gasteiger partial charge < -0.3 is 11.1 Å². The Bertz CT molecular complexity index is 393. The zero-order chi connectivity index (χ0) is 11.8. The molecule has 1 heterocycles. The average molecular weight is 238 g/mol. The molecular formula is C12H18N2OS. The van der Waals surface area contributed by atoms with Crippen LogP contribution < -0.4 is 11.1 Å². The van der Waals surface area contributed by atoms with Crippen molar-refractivity contribution in [1.82, 2.24) is 5.32 Å². The van der Waals surface area contributed by atoms with E-state index in [1.54, 1.807) is 6.07 Å². The van der Waals surface area contributed by atoms with E-state index in [2.05, 4.69) is 19.2 Å². The predicted molar refractivity (Wildman–Crippen MR) is 67.6 cm³/mol. The van der Waals surface area contributed by atoms with E-state index in [0.717, 1.165) is 6.54 Å². The number of anilines is 1. The number of nitrogens with two attached hydrogens (primary N) is 1. The average Bonchev–Trinajstić information content (AvgIpc) is 2.92. The molecule has 3 N–H and O–H groups in total. The minimum Gasteiger partial charge on any atom is -0.397 e. The van der Waals surface area contributed by atoms with E-state index >= 15 is 0 Å². The highest BCUT2D eigenvalue weighted by Gasteiger charge is 2.45. The van der Waals surface area contributed by atoms with Crippen LogP contribution in [0.5, 0.6) is 0 Å². The number of amides is 1. The van der Waals surface area contributed by atoms with Gasteiger partial charge in [0.05, 0.1) is 5.69 Å². The molecule has 16 heavy (non-hydrogen) atoms. The van der Waals surface area contributed by atoms with Crippen molar-refractivity contribution in [1.29, 1.82) is 0 Å². The fourth-order valence-corrected chi connectivity index (χ4v) is 2.69.